The second kappa shape index (κ2) is 3.85. The molecule has 1 aromatic heterocycles. The Morgan fingerprint density at radius 3 is 2.85 bits per heavy atom. The van der Waals surface area contributed by atoms with Crippen LogP contribution in [0.1, 0.15) is 17.2 Å². The Morgan fingerprint density at radius 2 is 2.31 bits per heavy atom. The van der Waals surface area contributed by atoms with Crippen molar-refractivity contribution < 1.29 is 0 Å². The Bertz CT molecular complexity index is 341. The summed E-state index contributed by atoms with van der Waals surface area (Å²) in [4.78, 5) is 3.84. The molecule has 1 heterocycles. The number of hydrogen-bond acceptors (Lipinski definition) is 5. The van der Waals surface area contributed by atoms with Gasteiger partial charge in [0.05, 0.1) is 5.56 Å². The van der Waals surface area contributed by atoms with E-state index in [0.717, 1.165) is 5.56 Å². The Kier molecular flexibility index (Phi) is 2.80. The summed E-state index contributed by atoms with van der Waals surface area (Å²) in [7, 11) is 0. The molecule has 0 aliphatic carbocycles. The highest BCUT2D eigenvalue weighted by molar-refractivity contribution is 5.49. The van der Waals surface area contributed by atoms with Gasteiger partial charge in [0, 0.05) is 18.8 Å². The largest absolute Gasteiger partial charge is 0.383 e. The summed E-state index contributed by atoms with van der Waals surface area (Å²) in [5.41, 5.74) is 17.5. The van der Waals surface area contributed by atoms with E-state index in [2.05, 4.69) is 4.98 Å². The smallest absolute Gasteiger partial charge is 0.141 e. The van der Waals surface area contributed by atoms with E-state index in [1.54, 1.807) is 6.07 Å². The molecule has 5 heteroatoms. The molecular weight excluding hydrogens is 166 g/mol. The van der Waals surface area contributed by atoms with Crippen LogP contribution in [-0.2, 0) is 0 Å². The van der Waals surface area contributed by atoms with Gasteiger partial charge in [0.1, 0.15) is 11.9 Å². The average molecular weight is 177 g/mol. The summed E-state index contributed by atoms with van der Waals surface area (Å²) in [6.45, 7) is 0.316. The van der Waals surface area contributed by atoms with Crippen molar-refractivity contribution in [3.8, 4) is 6.07 Å². The van der Waals surface area contributed by atoms with E-state index in [-0.39, 0.29) is 11.9 Å². The van der Waals surface area contributed by atoms with Crippen LogP contribution < -0.4 is 17.2 Å². The summed E-state index contributed by atoms with van der Waals surface area (Å²) in [6, 6.07) is 3.25. The molecule has 0 fully saturated rings. The first-order valence-corrected chi connectivity index (χ1v) is 3.80. The lowest BCUT2D eigenvalue weighted by Crippen LogP contribution is -2.21. The van der Waals surface area contributed by atoms with Crippen LogP contribution in [0.2, 0.25) is 0 Å². The molecule has 6 N–H and O–H groups in total. The first kappa shape index (κ1) is 9.45. The predicted molar refractivity (Wildman–Crippen MR) is 49.3 cm³/mol. The van der Waals surface area contributed by atoms with Crippen molar-refractivity contribution in [2.75, 3.05) is 12.3 Å². The van der Waals surface area contributed by atoms with Crippen LogP contribution in [0.15, 0.2) is 12.3 Å². The van der Waals surface area contributed by atoms with Gasteiger partial charge >= 0.3 is 0 Å². The molecule has 0 radical (unpaired) electrons. The minimum absolute atomic E-state index is 0.218. The molecule has 5 nitrogen and oxygen atoms in total. The molecule has 13 heavy (non-hydrogen) atoms. The van der Waals surface area contributed by atoms with Crippen LogP contribution in [-0.4, -0.2) is 11.5 Å². The van der Waals surface area contributed by atoms with E-state index in [1.165, 1.54) is 6.20 Å². The number of nitrogen functional groups attached to an aromatic ring is 1. The molecule has 0 amide bonds. The molecule has 1 rings (SSSR count). The van der Waals surface area contributed by atoms with Crippen LogP contribution in [0.5, 0.6) is 0 Å². The van der Waals surface area contributed by atoms with E-state index in [0.29, 0.717) is 12.1 Å². The Hall–Kier alpha value is -1.64. The van der Waals surface area contributed by atoms with E-state index < -0.39 is 0 Å². The molecular formula is C8H11N5. The quantitative estimate of drug-likeness (QED) is 0.563. The van der Waals surface area contributed by atoms with E-state index >= 15 is 0 Å². The van der Waals surface area contributed by atoms with Crippen molar-refractivity contribution in [1.29, 1.82) is 5.26 Å². The zero-order valence-corrected chi connectivity index (χ0v) is 7.07. The van der Waals surface area contributed by atoms with Gasteiger partial charge in [-0.1, -0.05) is 0 Å². The lowest BCUT2D eigenvalue weighted by atomic mass is 10.1. The lowest BCUT2D eigenvalue weighted by molar-refractivity contribution is 0.733. The molecule has 0 bridgehead atoms. The lowest BCUT2D eigenvalue weighted by Gasteiger charge is -2.08. The van der Waals surface area contributed by atoms with Gasteiger partial charge in [0.15, 0.2) is 0 Å². The standard InChI is InChI=1S/C8H11N5/c9-2-5-1-6(7(11)3-10)4-13-8(5)12/h1,4,7H,3,10-11H2,(H2,12,13)/t7-/m0/s1. The van der Waals surface area contributed by atoms with Gasteiger partial charge in [-0.15, -0.1) is 0 Å². The van der Waals surface area contributed by atoms with Crippen molar-refractivity contribution in [2.24, 2.45) is 11.5 Å². The van der Waals surface area contributed by atoms with Gasteiger partial charge in [0.25, 0.3) is 0 Å². The second-order valence-corrected chi connectivity index (χ2v) is 2.66. The number of aromatic nitrogens is 1. The Morgan fingerprint density at radius 1 is 1.62 bits per heavy atom. The molecule has 0 aliphatic heterocycles. The summed E-state index contributed by atoms with van der Waals surface area (Å²) in [5, 5.41) is 8.66. The minimum Gasteiger partial charge on any atom is -0.383 e. The summed E-state index contributed by atoms with van der Waals surface area (Å²) in [6.07, 6.45) is 1.54. The van der Waals surface area contributed by atoms with Crippen LogP contribution in [0.25, 0.3) is 0 Å². The Labute approximate surface area is 76.2 Å². The van der Waals surface area contributed by atoms with Crippen LogP contribution in [0.3, 0.4) is 0 Å². The van der Waals surface area contributed by atoms with Gasteiger partial charge in [-0.05, 0) is 11.6 Å². The third-order valence-electron chi connectivity index (χ3n) is 1.74. The average Bonchev–Trinajstić information content (AvgIpc) is 2.17. The molecule has 1 aromatic rings. The zero-order valence-electron chi connectivity index (χ0n) is 7.07. The normalized spacial score (nSPS) is 12.1. The van der Waals surface area contributed by atoms with E-state index in [9.17, 15) is 0 Å². The summed E-state index contributed by atoms with van der Waals surface area (Å²) in [5.74, 6) is 0.218. The summed E-state index contributed by atoms with van der Waals surface area (Å²) >= 11 is 0. The predicted octanol–water partition coefficient (Wildman–Crippen LogP) is -0.506. The van der Waals surface area contributed by atoms with Crippen molar-refractivity contribution in [2.45, 2.75) is 6.04 Å². The van der Waals surface area contributed by atoms with E-state index in [4.69, 9.17) is 22.5 Å². The molecule has 0 aromatic carbocycles. The van der Waals surface area contributed by atoms with Gasteiger partial charge in [-0.2, -0.15) is 5.26 Å². The SMILES string of the molecule is N#Cc1cc([C@@H](N)CN)cnc1N. The number of nitrogens with zero attached hydrogens (tertiary/aromatic N) is 2. The molecule has 1 atom stereocenters. The fourth-order valence-corrected chi connectivity index (χ4v) is 0.920. The molecule has 0 aliphatic rings. The number of nitriles is 1. The van der Waals surface area contributed by atoms with Crippen LogP contribution >= 0.6 is 0 Å². The van der Waals surface area contributed by atoms with Gasteiger partial charge in [-0.25, -0.2) is 4.98 Å². The van der Waals surface area contributed by atoms with Crippen molar-refractivity contribution in [3.05, 3.63) is 23.4 Å². The fraction of sp³-hybridized carbons (Fsp3) is 0.250. The molecule has 0 unspecified atom stereocenters. The van der Waals surface area contributed by atoms with Crippen molar-refractivity contribution in [3.63, 3.8) is 0 Å². The third-order valence-corrected chi connectivity index (χ3v) is 1.74. The molecule has 0 saturated carbocycles. The molecule has 68 valence electrons. The van der Waals surface area contributed by atoms with Crippen molar-refractivity contribution >= 4 is 5.82 Å². The fourth-order valence-electron chi connectivity index (χ4n) is 0.920. The highest BCUT2D eigenvalue weighted by atomic mass is 14.8. The number of rotatable bonds is 2. The van der Waals surface area contributed by atoms with Gasteiger partial charge in [0.2, 0.25) is 0 Å². The maximum absolute atomic E-state index is 8.66. The molecule has 0 spiro atoms. The second-order valence-electron chi connectivity index (χ2n) is 2.66. The van der Waals surface area contributed by atoms with Gasteiger partial charge < -0.3 is 17.2 Å². The third kappa shape index (κ3) is 1.93. The van der Waals surface area contributed by atoms with Crippen LogP contribution in [0, 0.1) is 11.3 Å². The maximum Gasteiger partial charge on any atom is 0.141 e. The topological polar surface area (TPSA) is 115 Å². The van der Waals surface area contributed by atoms with Crippen molar-refractivity contribution in [1.82, 2.24) is 4.98 Å². The van der Waals surface area contributed by atoms with Crippen LogP contribution in [0.4, 0.5) is 5.82 Å². The maximum atomic E-state index is 8.66. The van der Waals surface area contributed by atoms with E-state index in [1.807, 2.05) is 6.07 Å². The number of hydrogen-bond donors (Lipinski definition) is 3. The number of pyridine rings is 1. The minimum atomic E-state index is -0.291. The molecule has 0 saturated heterocycles. The summed E-state index contributed by atoms with van der Waals surface area (Å²) < 4.78 is 0. The first-order valence-electron chi connectivity index (χ1n) is 3.80. The van der Waals surface area contributed by atoms with Gasteiger partial charge in [-0.3, -0.25) is 0 Å². The number of nitrogens with two attached hydrogens (primary N) is 3. The monoisotopic (exact) mass is 177 g/mol. The Balaban J connectivity index is 3.08. The zero-order chi connectivity index (χ0) is 9.84. The highest BCUT2D eigenvalue weighted by Gasteiger charge is 2.07. The first-order chi connectivity index (χ1) is 6.19. The highest BCUT2D eigenvalue weighted by Crippen LogP contribution is 2.13. The number of anilines is 1.